The van der Waals surface area contributed by atoms with Gasteiger partial charge in [0.25, 0.3) is 5.91 Å². The summed E-state index contributed by atoms with van der Waals surface area (Å²) in [7, 11) is 0. The van der Waals surface area contributed by atoms with Crippen LogP contribution < -0.4 is 0 Å². The number of hydrogen-bond donors (Lipinski definition) is 0. The van der Waals surface area contributed by atoms with Gasteiger partial charge >= 0.3 is 0 Å². The number of amides is 1. The molecule has 1 saturated heterocycles. The normalized spacial score (nSPS) is 19.9. The smallest absolute Gasteiger partial charge is 0.255 e. The van der Waals surface area contributed by atoms with Crippen LogP contribution in [-0.2, 0) is 0 Å². The summed E-state index contributed by atoms with van der Waals surface area (Å²) in [6, 6.07) is 5.80. The fourth-order valence-electron chi connectivity index (χ4n) is 2.36. The molecule has 0 bridgehead atoms. The van der Waals surface area contributed by atoms with Crippen molar-refractivity contribution in [2.45, 2.75) is 19.8 Å². The van der Waals surface area contributed by atoms with Gasteiger partial charge in [-0.2, -0.15) is 0 Å². The lowest BCUT2D eigenvalue weighted by Gasteiger charge is -2.32. The van der Waals surface area contributed by atoms with E-state index < -0.39 is 0 Å². The molecule has 2 nitrogen and oxygen atoms in total. The molecule has 0 radical (unpaired) electrons. The molecule has 1 aliphatic heterocycles. The molecule has 1 unspecified atom stereocenters. The highest BCUT2D eigenvalue weighted by Crippen LogP contribution is 2.25. The Morgan fingerprint density at radius 1 is 1.56 bits per heavy atom. The van der Waals surface area contributed by atoms with E-state index in [1.54, 1.807) is 0 Å². The number of halogens is 2. The Labute approximate surface area is 121 Å². The first-order chi connectivity index (χ1) is 8.63. The van der Waals surface area contributed by atoms with Crippen molar-refractivity contribution in [3.05, 3.63) is 33.8 Å². The number of carbonyl (C=O) groups excluding carboxylic acids is 1. The Kier molecular flexibility index (Phi) is 4.68. The number of piperidine rings is 1. The third-order valence-electron chi connectivity index (χ3n) is 3.45. The number of hydrogen-bond acceptors (Lipinski definition) is 1. The summed E-state index contributed by atoms with van der Waals surface area (Å²) in [6.07, 6.45) is 2.18. The Morgan fingerprint density at radius 2 is 2.33 bits per heavy atom. The molecule has 0 spiro atoms. The largest absolute Gasteiger partial charge is 0.338 e. The molecule has 1 aliphatic rings. The highest BCUT2D eigenvalue weighted by Gasteiger charge is 2.25. The standard InChI is InChI=1S/C14H17BrClNO/c1-10-4-2-6-12(13(10)15)14(18)17-7-3-5-11(8-16)9-17/h2,4,6,11H,3,5,7-9H2,1H3. The third-order valence-corrected chi connectivity index (χ3v) is 4.94. The van der Waals surface area contributed by atoms with E-state index in [2.05, 4.69) is 15.9 Å². The van der Waals surface area contributed by atoms with Gasteiger partial charge in [-0.15, -0.1) is 11.6 Å². The molecule has 4 heteroatoms. The van der Waals surface area contributed by atoms with Crippen LogP contribution in [0.1, 0.15) is 28.8 Å². The molecule has 1 fully saturated rings. The van der Waals surface area contributed by atoms with Crippen molar-refractivity contribution in [1.82, 2.24) is 4.90 Å². The van der Waals surface area contributed by atoms with Crippen LogP contribution in [0.4, 0.5) is 0 Å². The topological polar surface area (TPSA) is 20.3 Å². The second-order valence-corrected chi connectivity index (χ2v) is 5.95. The van der Waals surface area contributed by atoms with E-state index in [1.807, 2.05) is 30.0 Å². The first-order valence-corrected chi connectivity index (χ1v) is 7.56. The summed E-state index contributed by atoms with van der Waals surface area (Å²) in [5.41, 5.74) is 1.84. The number of benzene rings is 1. The molecule has 1 amide bonds. The minimum absolute atomic E-state index is 0.111. The van der Waals surface area contributed by atoms with Gasteiger partial charge in [0.15, 0.2) is 0 Å². The molecule has 1 atom stereocenters. The molecule has 2 rings (SSSR count). The number of alkyl halides is 1. The first kappa shape index (κ1) is 13.9. The zero-order valence-corrected chi connectivity index (χ0v) is 12.8. The predicted molar refractivity (Wildman–Crippen MR) is 78.2 cm³/mol. The molecule has 18 heavy (non-hydrogen) atoms. The maximum absolute atomic E-state index is 12.5. The van der Waals surface area contributed by atoms with E-state index in [1.165, 1.54) is 0 Å². The SMILES string of the molecule is Cc1cccc(C(=O)N2CCCC(CCl)C2)c1Br. The summed E-state index contributed by atoms with van der Waals surface area (Å²) in [5, 5.41) is 0. The van der Waals surface area contributed by atoms with Gasteiger partial charge in [-0.3, -0.25) is 4.79 Å². The van der Waals surface area contributed by atoms with Gasteiger partial charge in [0.2, 0.25) is 0 Å². The molecule has 0 saturated carbocycles. The van der Waals surface area contributed by atoms with Crippen LogP contribution in [-0.4, -0.2) is 29.8 Å². The van der Waals surface area contributed by atoms with Crippen LogP contribution >= 0.6 is 27.5 Å². The average molecular weight is 331 g/mol. The molecule has 0 N–H and O–H groups in total. The van der Waals surface area contributed by atoms with Gasteiger partial charge in [0.05, 0.1) is 5.56 Å². The van der Waals surface area contributed by atoms with E-state index in [9.17, 15) is 4.79 Å². The minimum atomic E-state index is 0.111. The first-order valence-electron chi connectivity index (χ1n) is 6.24. The van der Waals surface area contributed by atoms with Crippen LogP contribution in [0.25, 0.3) is 0 Å². The van der Waals surface area contributed by atoms with Crippen molar-refractivity contribution >= 4 is 33.4 Å². The Hall–Kier alpha value is -0.540. The van der Waals surface area contributed by atoms with Gasteiger partial charge in [-0.05, 0) is 53.2 Å². The zero-order chi connectivity index (χ0) is 13.1. The number of nitrogens with zero attached hydrogens (tertiary/aromatic N) is 1. The molecular weight excluding hydrogens is 314 g/mol. The zero-order valence-electron chi connectivity index (χ0n) is 10.5. The van der Waals surface area contributed by atoms with Crippen molar-refractivity contribution in [2.75, 3.05) is 19.0 Å². The number of carbonyl (C=O) groups is 1. The van der Waals surface area contributed by atoms with Gasteiger partial charge in [0, 0.05) is 23.4 Å². The second-order valence-electron chi connectivity index (χ2n) is 4.85. The predicted octanol–water partition coefficient (Wildman–Crippen LogP) is 3.85. The second kappa shape index (κ2) is 6.07. The number of likely N-dealkylation sites (tertiary alicyclic amines) is 1. The van der Waals surface area contributed by atoms with E-state index >= 15 is 0 Å². The Morgan fingerprint density at radius 3 is 3.06 bits per heavy atom. The van der Waals surface area contributed by atoms with Crippen molar-refractivity contribution < 1.29 is 4.79 Å². The van der Waals surface area contributed by atoms with E-state index in [4.69, 9.17) is 11.6 Å². The molecule has 0 aromatic heterocycles. The molecule has 1 aromatic carbocycles. The molecule has 1 heterocycles. The van der Waals surface area contributed by atoms with Gasteiger partial charge in [0.1, 0.15) is 0 Å². The van der Waals surface area contributed by atoms with Gasteiger partial charge < -0.3 is 4.90 Å². The van der Waals surface area contributed by atoms with Crippen LogP contribution in [0.5, 0.6) is 0 Å². The third kappa shape index (κ3) is 2.89. The van der Waals surface area contributed by atoms with Crippen LogP contribution in [0.2, 0.25) is 0 Å². The highest BCUT2D eigenvalue weighted by molar-refractivity contribution is 9.10. The Bertz CT molecular complexity index is 449. The van der Waals surface area contributed by atoms with E-state index in [0.29, 0.717) is 11.8 Å². The summed E-state index contributed by atoms with van der Waals surface area (Å²) < 4.78 is 0.906. The lowest BCUT2D eigenvalue weighted by atomic mass is 9.99. The highest BCUT2D eigenvalue weighted by atomic mass is 79.9. The van der Waals surface area contributed by atoms with Gasteiger partial charge in [-0.1, -0.05) is 12.1 Å². The quantitative estimate of drug-likeness (QED) is 0.754. The molecule has 0 aliphatic carbocycles. The summed E-state index contributed by atoms with van der Waals surface area (Å²) in [6.45, 7) is 3.62. The maximum Gasteiger partial charge on any atom is 0.255 e. The maximum atomic E-state index is 12.5. The average Bonchev–Trinajstić information content (AvgIpc) is 2.41. The van der Waals surface area contributed by atoms with Crippen molar-refractivity contribution in [1.29, 1.82) is 0 Å². The number of aryl methyl sites for hydroxylation is 1. The number of rotatable bonds is 2. The van der Waals surface area contributed by atoms with Crippen molar-refractivity contribution in [3.8, 4) is 0 Å². The molecular formula is C14H17BrClNO. The fourth-order valence-corrected chi connectivity index (χ4v) is 3.04. The minimum Gasteiger partial charge on any atom is -0.338 e. The van der Waals surface area contributed by atoms with Crippen LogP contribution in [0, 0.1) is 12.8 Å². The monoisotopic (exact) mass is 329 g/mol. The lowest BCUT2D eigenvalue weighted by molar-refractivity contribution is 0.0684. The van der Waals surface area contributed by atoms with Crippen LogP contribution in [0.3, 0.4) is 0 Å². The van der Waals surface area contributed by atoms with Crippen molar-refractivity contribution in [2.24, 2.45) is 5.92 Å². The van der Waals surface area contributed by atoms with Gasteiger partial charge in [-0.25, -0.2) is 0 Å². The summed E-state index contributed by atoms with van der Waals surface area (Å²) in [4.78, 5) is 14.4. The fraction of sp³-hybridized carbons (Fsp3) is 0.500. The Balaban J connectivity index is 2.18. The van der Waals surface area contributed by atoms with Crippen LogP contribution in [0.15, 0.2) is 22.7 Å². The summed E-state index contributed by atoms with van der Waals surface area (Å²) >= 11 is 9.41. The summed E-state index contributed by atoms with van der Waals surface area (Å²) in [5.74, 6) is 1.19. The van der Waals surface area contributed by atoms with E-state index in [0.717, 1.165) is 41.5 Å². The van der Waals surface area contributed by atoms with E-state index in [-0.39, 0.29) is 5.91 Å². The molecule has 98 valence electrons. The van der Waals surface area contributed by atoms with Crippen molar-refractivity contribution in [3.63, 3.8) is 0 Å². The molecule has 1 aromatic rings. The lowest BCUT2D eigenvalue weighted by Crippen LogP contribution is -2.40.